The quantitative estimate of drug-likeness (QED) is 0.120. The molecule has 0 fully saturated rings. The van der Waals surface area contributed by atoms with Crippen LogP contribution in [0.15, 0.2) is 41.8 Å². The van der Waals surface area contributed by atoms with Gasteiger partial charge in [-0.25, -0.2) is 8.42 Å². The van der Waals surface area contributed by atoms with Crippen molar-refractivity contribution in [3.05, 3.63) is 47.4 Å². The van der Waals surface area contributed by atoms with Gasteiger partial charge in [0, 0.05) is 30.4 Å². The van der Waals surface area contributed by atoms with E-state index in [4.69, 9.17) is 14.2 Å². The van der Waals surface area contributed by atoms with Gasteiger partial charge in [0.15, 0.2) is 15.6 Å². The molecule has 304 valence electrons. The fourth-order valence-electron chi connectivity index (χ4n) is 5.31. The molecule has 0 spiro atoms. The van der Waals surface area contributed by atoms with Crippen LogP contribution in [0.2, 0.25) is 0 Å². The zero-order valence-corrected chi connectivity index (χ0v) is 34.7. The van der Waals surface area contributed by atoms with Crippen molar-refractivity contribution in [2.24, 2.45) is 23.7 Å². The molecule has 0 heterocycles. The third kappa shape index (κ3) is 20.4. The number of Topliss-reactive ketones (excluding diaryl/α,β-unsaturated/α-hetero) is 1. The highest BCUT2D eigenvalue weighted by Gasteiger charge is 2.35. The number of ketones is 1. The molecule has 0 aliphatic rings. The number of sulfone groups is 1. The average molecular weight is 779 g/mol. The Morgan fingerprint density at radius 2 is 1.31 bits per heavy atom. The topological polar surface area (TPSA) is 188 Å². The maximum Gasteiger partial charge on any atom is 0.308 e. The lowest BCUT2D eigenvalue weighted by atomic mass is 9.84. The van der Waals surface area contributed by atoms with Gasteiger partial charge in [-0.1, -0.05) is 70.5 Å². The zero-order valence-electron chi connectivity index (χ0n) is 33.9. The first-order chi connectivity index (χ1) is 24.8. The van der Waals surface area contributed by atoms with Gasteiger partial charge < -0.3 is 24.8 Å². The van der Waals surface area contributed by atoms with Crippen molar-refractivity contribution < 1.29 is 51.4 Å². The van der Waals surface area contributed by atoms with E-state index in [-0.39, 0.29) is 50.5 Å². The third-order valence-electron chi connectivity index (χ3n) is 8.31. The maximum absolute atomic E-state index is 14.1. The van der Waals surface area contributed by atoms with Crippen LogP contribution in [-0.4, -0.2) is 73.5 Å². The van der Waals surface area contributed by atoms with E-state index in [1.54, 1.807) is 74.4 Å². The molecule has 0 aromatic heterocycles. The SMILES string of the molecule is CCC(C)[C@@H](CC(=O)[C@H](CCC(=O)OC(C)(C)C)NC(=O)[C@@H](CC(=O)OCc1ccccc1)C(C)C)C(=O)N[C@H](/C=C/S(C)(=O)=O)CC(=O)OC(C)(C)C. The van der Waals surface area contributed by atoms with Gasteiger partial charge in [-0.15, -0.1) is 0 Å². The Morgan fingerprint density at radius 3 is 1.83 bits per heavy atom. The molecule has 0 aliphatic heterocycles. The molecule has 0 aliphatic carbocycles. The van der Waals surface area contributed by atoms with E-state index in [1.807, 2.05) is 25.1 Å². The van der Waals surface area contributed by atoms with Crippen LogP contribution in [-0.2, 0) is 59.4 Å². The van der Waals surface area contributed by atoms with Crippen LogP contribution in [0.25, 0.3) is 0 Å². The van der Waals surface area contributed by atoms with Crippen molar-refractivity contribution in [3.63, 3.8) is 0 Å². The van der Waals surface area contributed by atoms with Gasteiger partial charge in [-0.2, -0.15) is 0 Å². The van der Waals surface area contributed by atoms with E-state index in [1.165, 1.54) is 6.08 Å². The van der Waals surface area contributed by atoms with Gasteiger partial charge in [0.1, 0.15) is 17.8 Å². The molecular formula is C40H62N2O11S. The summed E-state index contributed by atoms with van der Waals surface area (Å²) in [7, 11) is -3.62. The normalized spacial score (nSPS) is 15.0. The molecular weight excluding hydrogens is 717 g/mol. The Balaban J connectivity index is 3.34. The molecule has 0 saturated carbocycles. The van der Waals surface area contributed by atoms with Crippen molar-refractivity contribution in [1.29, 1.82) is 0 Å². The molecule has 1 aromatic rings. The van der Waals surface area contributed by atoms with Crippen LogP contribution in [0.1, 0.15) is 113 Å². The van der Waals surface area contributed by atoms with Crippen molar-refractivity contribution in [2.75, 3.05) is 6.26 Å². The maximum atomic E-state index is 14.1. The molecule has 14 heteroatoms. The molecule has 13 nitrogen and oxygen atoms in total. The van der Waals surface area contributed by atoms with Crippen molar-refractivity contribution in [2.45, 2.75) is 138 Å². The number of hydrogen-bond donors (Lipinski definition) is 2. The third-order valence-corrected chi connectivity index (χ3v) is 8.97. The number of carbonyl (C=O) groups excluding carboxylic acids is 6. The van der Waals surface area contributed by atoms with E-state index in [2.05, 4.69) is 10.6 Å². The fraction of sp³-hybridized carbons (Fsp3) is 0.650. The summed E-state index contributed by atoms with van der Waals surface area (Å²) in [5.74, 6) is -6.08. The van der Waals surface area contributed by atoms with Gasteiger partial charge in [-0.3, -0.25) is 28.8 Å². The summed E-state index contributed by atoms with van der Waals surface area (Å²) in [6.45, 7) is 17.3. The van der Waals surface area contributed by atoms with E-state index < -0.39 is 80.5 Å². The van der Waals surface area contributed by atoms with Crippen LogP contribution < -0.4 is 10.6 Å². The smallest absolute Gasteiger partial charge is 0.308 e. The minimum absolute atomic E-state index is 0.0326. The number of carbonyl (C=O) groups is 6. The van der Waals surface area contributed by atoms with E-state index >= 15 is 0 Å². The first kappa shape index (κ1) is 48.0. The average Bonchev–Trinajstić information content (AvgIpc) is 3.03. The summed E-state index contributed by atoms with van der Waals surface area (Å²) >= 11 is 0. The molecule has 1 aromatic carbocycles. The lowest BCUT2D eigenvalue weighted by Gasteiger charge is -2.28. The van der Waals surface area contributed by atoms with Crippen LogP contribution in [0, 0.1) is 23.7 Å². The Hall–Kier alpha value is -4.07. The van der Waals surface area contributed by atoms with Crippen LogP contribution in [0.3, 0.4) is 0 Å². The molecule has 2 N–H and O–H groups in total. The molecule has 1 unspecified atom stereocenters. The Kier molecular flexibility index (Phi) is 19.3. The number of rotatable bonds is 21. The monoisotopic (exact) mass is 778 g/mol. The second-order valence-electron chi connectivity index (χ2n) is 16.1. The highest BCUT2D eigenvalue weighted by molar-refractivity contribution is 7.93. The minimum Gasteiger partial charge on any atom is -0.461 e. The van der Waals surface area contributed by atoms with Crippen LogP contribution in [0.4, 0.5) is 0 Å². The molecule has 1 rings (SSSR count). The molecule has 5 atom stereocenters. The Bertz CT molecular complexity index is 1560. The van der Waals surface area contributed by atoms with Crippen molar-refractivity contribution in [1.82, 2.24) is 10.6 Å². The Labute approximate surface area is 321 Å². The summed E-state index contributed by atoms with van der Waals surface area (Å²) in [6.07, 6.45) is 1.34. The largest absolute Gasteiger partial charge is 0.461 e. The number of nitrogens with one attached hydrogen (secondary N) is 2. The molecule has 54 heavy (non-hydrogen) atoms. The summed E-state index contributed by atoms with van der Waals surface area (Å²) in [5, 5.41) is 6.34. The number of benzene rings is 1. The number of esters is 3. The first-order valence-electron chi connectivity index (χ1n) is 18.4. The Morgan fingerprint density at radius 1 is 0.759 bits per heavy atom. The summed E-state index contributed by atoms with van der Waals surface area (Å²) in [5.41, 5.74) is -0.830. The van der Waals surface area contributed by atoms with Crippen molar-refractivity contribution in [3.8, 4) is 0 Å². The van der Waals surface area contributed by atoms with Gasteiger partial charge in [0.25, 0.3) is 0 Å². The summed E-state index contributed by atoms with van der Waals surface area (Å²) in [6, 6.07) is 6.80. The van der Waals surface area contributed by atoms with Gasteiger partial charge in [-0.05, 0) is 65.4 Å². The van der Waals surface area contributed by atoms with Gasteiger partial charge in [0.2, 0.25) is 11.8 Å². The van der Waals surface area contributed by atoms with E-state index in [0.717, 1.165) is 17.2 Å². The second-order valence-corrected chi connectivity index (χ2v) is 18.0. The molecule has 2 amide bonds. The fourth-order valence-corrected chi connectivity index (χ4v) is 5.78. The summed E-state index contributed by atoms with van der Waals surface area (Å²) in [4.78, 5) is 79.8. The van der Waals surface area contributed by atoms with Gasteiger partial charge in [0.05, 0.1) is 30.8 Å². The molecule has 0 saturated heterocycles. The zero-order chi connectivity index (χ0) is 41.4. The highest BCUT2D eigenvalue weighted by atomic mass is 32.2. The second kappa shape index (κ2) is 21.7. The van der Waals surface area contributed by atoms with E-state index in [0.29, 0.717) is 6.42 Å². The molecule has 0 radical (unpaired) electrons. The number of ether oxygens (including phenoxy) is 3. The first-order valence-corrected chi connectivity index (χ1v) is 20.4. The predicted octanol–water partition coefficient (Wildman–Crippen LogP) is 5.40. The standard InChI is InChI=1S/C40H62N2O11S/c1-12-27(4)31(38(48)41-29(20-21-54(11,49)50)22-36(46)53-40(8,9)10)23-33(43)32(18-19-34(44)52-39(5,6)7)42-37(47)30(26(2)3)24-35(45)51-25-28-16-14-13-15-17-28/h13-17,20-21,26-27,29-32H,12,18-19,22-25H2,1-11H3,(H,41,48)(H,42,47)/b21-20+/t27?,29-,30+,31-,32+/m1/s1. The van der Waals surface area contributed by atoms with Crippen molar-refractivity contribution >= 4 is 45.3 Å². The minimum atomic E-state index is -3.62. The molecule has 0 bridgehead atoms. The predicted molar refractivity (Wildman–Crippen MR) is 205 cm³/mol. The lowest BCUT2D eigenvalue weighted by molar-refractivity contribution is -0.156. The lowest BCUT2D eigenvalue weighted by Crippen LogP contribution is -2.48. The van der Waals surface area contributed by atoms with Crippen LogP contribution in [0.5, 0.6) is 0 Å². The van der Waals surface area contributed by atoms with E-state index in [9.17, 15) is 37.2 Å². The van der Waals surface area contributed by atoms with Crippen LogP contribution >= 0.6 is 0 Å². The number of amides is 2. The van der Waals surface area contributed by atoms with Gasteiger partial charge >= 0.3 is 17.9 Å². The highest BCUT2D eigenvalue weighted by Crippen LogP contribution is 2.24. The number of hydrogen-bond acceptors (Lipinski definition) is 11. The summed E-state index contributed by atoms with van der Waals surface area (Å²) < 4.78 is 40.0.